The Bertz CT molecular complexity index is 1070. The summed E-state index contributed by atoms with van der Waals surface area (Å²) in [6, 6.07) is 14.2. The van der Waals surface area contributed by atoms with Crippen LogP contribution in [0.4, 0.5) is 0 Å². The second-order valence-corrected chi connectivity index (χ2v) is 7.67. The van der Waals surface area contributed by atoms with E-state index in [4.69, 9.17) is 4.74 Å². The Labute approximate surface area is 166 Å². The minimum Gasteiger partial charge on any atom is -0.385 e. The van der Waals surface area contributed by atoms with Crippen molar-refractivity contribution in [1.29, 1.82) is 0 Å². The molecule has 3 aromatic rings. The number of ketones is 1. The van der Waals surface area contributed by atoms with Crippen molar-refractivity contribution in [1.82, 2.24) is 14.8 Å². The monoisotopic (exact) mass is 395 g/mol. The average Bonchev–Trinajstić information content (AvgIpc) is 3.26. The molecule has 0 aliphatic heterocycles. The summed E-state index contributed by atoms with van der Waals surface area (Å²) in [5.41, 5.74) is 5.33. The fourth-order valence-electron chi connectivity index (χ4n) is 3.49. The maximum atomic E-state index is 12.7. The van der Waals surface area contributed by atoms with Gasteiger partial charge in [-0.2, -0.15) is 0 Å². The number of aromatic nitrogens is 3. The average molecular weight is 395 g/mol. The number of rotatable bonds is 8. The molecular formula is C21H21N3O3S. The third kappa shape index (κ3) is 3.68. The van der Waals surface area contributed by atoms with Gasteiger partial charge < -0.3 is 4.74 Å². The number of hydrogen-bond donors (Lipinski definition) is 1. The Balaban J connectivity index is 1.47. The number of thioether (sulfide) groups is 1. The summed E-state index contributed by atoms with van der Waals surface area (Å²) in [6.45, 7) is 1.08. The molecule has 0 saturated heterocycles. The van der Waals surface area contributed by atoms with E-state index in [1.54, 1.807) is 11.7 Å². The van der Waals surface area contributed by atoms with Crippen LogP contribution in [0.25, 0.3) is 11.1 Å². The number of methoxy groups -OCH3 is 1. The Morgan fingerprint density at radius 2 is 2.04 bits per heavy atom. The first-order valence-electron chi connectivity index (χ1n) is 9.18. The minimum absolute atomic E-state index is 0.0241. The standard InChI is InChI=1S/C21H21N3O3S/c1-27-10-4-9-24-20(26)22-23-21(24)28-13-19(25)16-8-7-15-11-14-5-2-3-6-17(14)18(15)12-16/h2-3,5-8,12H,4,9-11,13H2,1H3,(H,22,26). The minimum atomic E-state index is -0.264. The fraction of sp³-hybridized carbons (Fsp3) is 0.286. The quantitative estimate of drug-likeness (QED) is 0.282. The molecule has 1 aromatic heterocycles. The third-order valence-electron chi connectivity index (χ3n) is 4.91. The maximum Gasteiger partial charge on any atom is 0.343 e. The van der Waals surface area contributed by atoms with Gasteiger partial charge in [-0.15, -0.1) is 5.10 Å². The summed E-state index contributed by atoms with van der Waals surface area (Å²) in [7, 11) is 1.63. The lowest BCUT2D eigenvalue weighted by Crippen LogP contribution is -2.18. The lowest BCUT2D eigenvalue weighted by molar-refractivity contribution is 0.102. The molecule has 28 heavy (non-hydrogen) atoms. The van der Waals surface area contributed by atoms with Crippen molar-refractivity contribution >= 4 is 17.5 Å². The number of ether oxygens (including phenoxy) is 1. The van der Waals surface area contributed by atoms with E-state index in [1.165, 1.54) is 28.5 Å². The van der Waals surface area contributed by atoms with Crippen LogP contribution in [0.1, 0.15) is 27.9 Å². The zero-order chi connectivity index (χ0) is 19.5. The number of nitrogens with zero attached hydrogens (tertiary/aromatic N) is 2. The highest BCUT2D eigenvalue weighted by molar-refractivity contribution is 7.99. The van der Waals surface area contributed by atoms with E-state index in [0.717, 1.165) is 12.0 Å². The van der Waals surface area contributed by atoms with Crippen molar-refractivity contribution < 1.29 is 9.53 Å². The lowest BCUT2D eigenvalue weighted by Gasteiger charge is -2.06. The van der Waals surface area contributed by atoms with Crippen LogP contribution in [0, 0.1) is 0 Å². The number of H-pyrrole nitrogens is 1. The molecule has 0 fully saturated rings. The Morgan fingerprint density at radius 3 is 2.89 bits per heavy atom. The van der Waals surface area contributed by atoms with E-state index in [0.29, 0.717) is 30.3 Å². The molecule has 0 atom stereocenters. The second kappa shape index (κ2) is 8.16. The van der Waals surface area contributed by atoms with Gasteiger partial charge in [0.05, 0.1) is 5.75 Å². The zero-order valence-corrected chi connectivity index (χ0v) is 16.4. The predicted octanol–water partition coefficient (Wildman–Crippen LogP) is 3.15. The lowest BCUT2D eigenvalue weighted by atomic mass is 10.0. The molecular weight excluding hydrogens is 374 g/mol. The number of hydrogen-bond acceptors (Lipinski definition) is 5. The third-order valence-corrected chi connectivity index (χ3v) is 5.88. The number of Topliss-reactive ketones (excluding diaryl/α,β-unsaturated/α-hetero) is 1. The van der Waals surface area contributed by atoms with E-state index >= 15 is 0 Å². The maximum absolute atomic E-state index is 12.7. The summed E-state index contributed by atoms with van der Waals surface area (Å²) < 4.78 is 6.58. The van der Waals surface area contributed by atoms with Gasteiger partial charge in [-0.25, -0.2) is 9.89 Å². The first kappa shape index (κ1) is 18.7. The van der Waals surface area contributed by atoms with Crippen LogP contribution in [0.15, 0.2) is 52.4 Å². The van der Waals surface area contributed by atoms with Gasteiger partial charge >= 0.3 is 5.69 Å². The molecule has 1 heterocycles. The summed E-state index contributed by atoms with van der Waals surface area (Å²) >= 11 is 1.28. The van der Waals surface area contributed by atoms with Crippen LogP contribution in [0.3, 0.4) is 0 Å². The predicted molar refractivity (Wildman–Crippen MR) is 109 cm³/mol. The molecule has 0 radical (unpaired) electrons. The van der Waals surface area contributed by atoms with E-state index < -0.39 is 0 Å². The van der Waals surface area contributed by atoms with Crippen molar-refractivity contribution in [3.05, 3.63) is 69.6 Å². The normalized spacial score (nSPS) is 12.0. The molecule has 1 N–H and O–H groups in total. The SMILES string of the molecule is COCCCn1c(SCC(=O)c2ccc3c(c2)-c2ccccc2C3)n[nH]c1=O. The van der Waals surface area contributed by atoms with E-state index in [1.807, 2.05) is 30.3 Å². The fourth-order valence-corrected chi connectivity index (χ4v) is 4.36. The van der Waals surface area contributed by atoms with Gasteiger partial charge in [0, 0.05) is 25.8 Å². The van der Waals surface area contributed by atoms with Gasteiger partial charge in [-0.05, 0) is 41.2 Å². The molecule has 1 aliphatic rings. The molecule has 144 valence electrons. The summed E-state index contributed by atoms with van der Waals surface area (Å²) in [4.78, 5) is 24.6. The molecule has 1 aliphatic carbocycles. The van der Waals surface area contributed by atoms with Crippen molar-refractivity contribution in [2.45, 2.75) is 24.5 Å². The van der Waals surface area contributed by atoms with Crippen LogP contribution >= 0.6 is 11.8 Å². The molecule has 0 saturated carbocycles. The van der Waals surface area contributed by atoms with Crippen molar-refractivity contribution in [3.63, 3.8) is 0 Å². The van der Waals surface area contributed by atoms with E-state index in [9.17, 15) is 9.59 Å². The number of nitrogens with one attached hydrogen (secondary N) is 1. The van der Waals surface area contributed by atoms with Crippen molar-refractivity contribution in [2.75, 3.05) is 19.5 Å². The van der Waals surface area contributed by atoms with E-state index in [2.05, 4.69) is 22.3 Å². The topological polar surface area (TPSA) is 77.0 Å². The highest BCUT2D eigenvalue weighted by Gasteiger charge is 2.20. The van der Waals surface area contributed by atoms with Gasteiger partial charge in [0.25, 0.3) is 0 Å². The largest absolute Gasteiger partial charge is 0.385 e. The molecule has 0 bridgehead atoms. The molecule has 0 amide bonds. The second-order valence-electron chi connectivity index (χ2n) is 6.73. The van der Waals surface area contributed by atoms with Gasteiger partial charge in [0.2, 0.25) is 0 Å². The highest BCUT2D eigenvalue weighted by atomic mass is 32.2. The molecule has 7 heteroatoms. The summed E-state index contributed by atoms with van der Waals surface area (Å²) in [5.74, 6) is 0.255. The summed E-state index contributed by atoms with van der Waals surface area (Å²) in [6.07, 6.45) is 1.62. The number of benzene rings is 2. The van der Waals surface area contributed by atoms with Crippen molar-refractivity contribution in [2.24, 2.45) is 0 Å². The zero-order valence-electron chi connectivity index (χ0n) is 15.6. The molecule has 4 rings (SSSR count). The van der Waals surface area contributed by atoms with Gasteiger partial charge in [0.1, 0.15) is 0 Å². The molecule has 0 unspecified atom stereocenters. The first-order valence-corrected chi connectivity index (χ1v) is 10.2. The van der Waals surface area contributed by atoms with Crippen LogP contribution in [-0.2, 0) is 17.7 Å². The van der Waals surface area contributed by atoms with Crippen LogP contribution in [0.5, 0.6) is 0 Å². The Kier molecular flexibility index (Phi) is 5.45. The number of carbonyl (C=O) groups excluding carboxylic acids is 1. The number of fused-ring (bicyclic) bond motifs is 3. The van der Waals surface area contributed by atoms with Crippen LogP contribution in [-0.4, -0.2) is 40.0 Å². The van der Waals surface area contributed by atoms with Crippen LogP contribution < -0.4 is 5.69 Å². The number of aromatic amines is 1. The van der Waals surface area contributed by atoms with Gasteiger partial charge in [-0.1, -0.05) is 48.2 Å². The smallest absolute Gasteiger partial charge is 0.343 e. The molecule has 6 nitrogen and oxygen atoms in total. The Morgan fingerprint density at radius 1 is 1.21 bits per heavy atom. The first-order chi connectivity index (χ1) is 13.7. The van der Waals surface area contributed by atoms with E-state index in [-0.39, 0.29) is 17.2 Å². The van der Waals surface area contributed by atoms with Crippen molar-refractivity contribution in [3.8, 4) is 11.1 Å². The highest BCUT2D eigenvalue weighted by Crippen LogP contribution is 2.37. The van der Waals surface area contributed by atoms with Gasteiger partial charge in [-0.3, -0.25) is 9.36 Å². The van der Waals surface area contributed by atoms with Crippen LogP contribution in [0.2, 0.25) is 0 Å². The Hall–Kier alpha value is -2.64. The van der Waals surface area contributed by atoms with Gasteiger partial charge in [0.15, 0.2) is 10.9 Å². The molecule has 0 spiro atoms. The molecule has 2 aromatic carbocycles. The summed E-state index contributed by atoms with van der Waals surface area (Å²) in [5, 5.41) is 7.03. The number of carbonyl (C=O) groups is 1.